The third-order valence-corrected chi connectivity index (χ3v) is 2.46. The highest BCUT2D eigenvalue weighted by molar-refractivity contribution is 5.98. The van der Waals surface area contributed by atoms with Crippen molar-refractivity contribution in [1.82, 2.24) is 0 Å². The maximum Gasteiger partial charge on any atom is 0.321 e. The summed E-state index contributed by atoms with van der Waals surface area (Å²) in [6.45, 7) is 7.28. The van der Waals surface area contributed by atoms with E-state index in [0.717, 1.165) is 0 Å². The summed E-state index contributed by atoms with van der Waals surface area (Å²) < 4.78 is 0. The molecular formula is C11H18O4. The molecule has 86 valence electrons. The van der Waals surface area contributed by atoms with Gasteiger partial charge in [0.25, 0.3) is 0 Å². The fourth-order valence-electron chi connectivity index (χ4n) is 1.36. The largest absolute Gasteiger partial charge is 0.480 e. The Balaban J connectivity index is 4.87. The van der Waals surface area contributed by atoms with E-state index in [-0.39, 0.29) is 18.8 Å². The molecule has 0 unspecified atom stereocenters. The molecule has 0 heterocycles. The van der Waals surface area contributed by atoms with Crippen molar-refractivity contribution in [2.24, 2.45) is 11.3 Å². The number of carboxylic acid groups (broad SMARTS) is 2. The number of allylic oxidation sites excluding steroid dienone is 1. The Labute approximate surface area is 89.6 Å². The molecule has 0 saturated carbocycles. The summed E-state index contributed by atoms with van der Waals surface area (Å²) in [5.74, 6) is -2.28. The fraction of sp³-hybridized carbons (Fsp3) is 0.636. The molecule has 15 heavy (non-hydrogen) atoms. The number of carbonyl (C=O) groups is 2. The molecule has 0 aromatic carbocycles. The first-order chi connectivity index (χ1) is 6.86. The van der Waals surface area contributed by atoms with Gasteiger partial charge in [-0.3, -0.25) is 9.59 Å². The molecular weight excluding hydrogens is 196 g/mol. The van der Waals surface area contributed by atoms with Crippen molar-refractivity contribution >= 4 is 11.9 Å². The van der Waals surface area contributed by atoms with Crippen LogP contribution in [0.2, 0.25) is 0 Å². The predicted octanol–water partition coefficient (Wildman–Crippen LogP) is 2.15. The van der Waals surface area contributed by atoms with E-state index in [1.165, 1.54) is 6.08 Å². The van der Waals surface area contributed by atoms with Crippen molar-refractivity contribution in [3.8, 4) is 0 Å². The van der Waals surface area contributed by atoms with Crippen molar-refractivity contribution in [3.05, 3.63) is 12.7 Å². The monoisotopic (exact) mass is 214 g/mol. The molecule has 0 atom stereocenters. The Morgan fingerprint density at radius 2 is 1.80 bits per heavy atom. The van der Waals surface area contributed by atoms with Gasteiger partial charge in [0.15, 0.2) is 5.41 Å². The van der Waals surface area contributed by atoms with Gasteiger partial charge in [-0.1, -0.05) is 19.9 Å². The smallest absolute Gasteiger partial charge is 0.321 e. The maximum atomic E-state index is 11.0. The van der Waals surface area contributed by atoms with Crippen LogP contribution in [0.5, 0.6) is 0 Å². The number of carboxylic acids is 2. The van der Waals surface area contributed by atoms with E-state index >= 15 is 0 Å². The summed E-state index contributed by atoms with van der Waals surface area (Å²) in [4.78, 5) is 22.1. The molecule has 0 aliphatic rings. The number of hydrogen-bond acceptors (Lipinski definition) is 2. The lowest BCUT2D eigenvalue weighted by molar-refractivity contribution is -0.165. The van der Waals surface area contributed by atoms with Crippen LogP contribution in [-0.2, 0) is 9.59 Å². The standard InChI is InChI=1S/C11H18O4/c1-4-6-11(9(12)13,10(14)15)7-5-8(2)3/h4,8H,1,5-7H2,2-3H3,(H,12,13)(H,14,15). The summed E-state index contributed by atoms with van der Waals surface area (Å²) >= 11 is 0. The lowest BCUT2D eigenvalue weighted by atomic mass is 9.78. The third-order valence-electron chi connectivity index (χ3n) is 2.46. The highest BCUT2D eigenvalue weighted by Gasteiger charge is 2.44. The van der Waals surface area contributed by atoms with Gasteiger partial charge in [0.05, 0.1) is 0 Å². The Morgan fingerprint density at radius 3 is 2.07 bits per heavy atom. The second-order valence-electron chi connectivity index (χ2n) is 4.12. The average molecular weight is 214 g/mol. The van der Waals surface area contributed by atoms with Gasteiger partial charge >= 0.3 is 11.9 Å². The molecule has 0 aliphatic carbocycles. The molecule has 0 aromatic heterocycles. The van der Waals surface area contributed by atoms with Crippen molar-refractivity contribution in [2.75, 3.05) is 0 Å². The van der Waals surface area contributed by atoms with E-state index in [4.69, 9.17) is 10.2 Å². The van der Waals surface area contributed by atoms with Gasteiger partial charge in [-0.05, 0) is 25.2 Å². The molecule has 0 amide bonds. The first kappa shape index (κ1) is 13.7. The van der Waals surface area contributed by atoms with Crippen molar-refractivity contribution in [3.63, 3.8) is 0 Å². The van der Waals surface area contributed by atoms with E-state index in [2.05, 4.69) is 6.58 Å². The number of hydrogen-bond donors (Lipinski definition) is 2. The molecule has 4 heteroatoms. The molecule has 0 aromatic rings. The molecule has 2 N–H and O–H groups in total. The molecule has 0 saturated heterocycles. The highest BCUT2D eigenvalue weighted by atomic mass is 16.4. The Kier molecular flexibility index (Phi) is 5.05. The first-order valence-electron chi connectivity index (χ1n) is 4.94. The summed E-state index contributed by atoms with van der Waals surface area (Å²) in [5.41, 5.74) is -1.70. The molecule has 0 fully saturated rings. The maximum absolute atomic E-state index is 11.0. The molecule has 0 spiro atoms. The fourth-order valence-corrected chi connectivity index (χ4v) is 1.36. The van der Waals surface area contributed by atoms with Crippen LogP contribution in [0, 0.1) is 11.3 Å². The zero-order chi connectivity index (χ0) is 12.1. The van der Waals surface area contributed by atoms with Crippen molar-refractivity contribution < 1.29 is 19.8 Å². The van der Waals surface area contributed by atoms with E-state index in [0.29, 0.717) is 6.42 Å². The van der Waals surface area contributed by atoms with Gasteiger partial charge in [-0.25, -0.2) is 0 Å². The van der Waals surface area contributed by atoms with E-state index in [1.807, 2.05) is 13.8 Å². The molecule has 0 rings (SSSR count). The van der Waals surface area contributed by atoms with Crippen molar-refractivity contribution in [2.45, 2.75) is 33.1 Å². The van der Waals surface area contributed by atoms with Crippen LogP contribution in [-0.4, -0.2) is 22.2 Å². The van der Waals surface area contributed by atoms with Crippen LogP contribution in [0.15, 0.2) is 12.7 Å². The van der Waals surface area contributed by atoms with E-state index in [1.54, 1.807) is 0 Å². The first-order valence-corrected chi connectivity index (χ1v) is 4.94. The third kappa shape index (κ3) is 3.38. The average Bonchev–Trinajstić information content (AvgIpc) is 2.10. The topological polar surface area (TPSA) is 74.6 Å². The zero-order valence-corrected chi connectivity index (χ0v) is 9.19. The Morgan fingerprint density at radius 1 is 1.33 bits per heavy atom. The second-order valence-corrected chi connectivity index (χ2v) is 4.12. The van der Waals surface area contributed by atoms with Crippen LogP contribution >= 0.6 is 0 Å². The normalized spacial score (nSPS) is 11.4. The minimum Gasteiger partial charge on any atom is -0.480 e. The lowest BCUT2D eigenvalue weighted by Crippen LogP contribution is -2.39. The molecule has 0 bridgehead atoms. The van der Waals surface area contributed by atoms with Gasteiger partial charge < -0.3 is 10.2 Å². The van der Waals surface area contributed by atoms with Crippen LogP contribution in [0.4, 0.5) is 0 Å². The Bertz CT molecular complexity index is 241. The summed E-state index contributed by atoms with van der Waals surface area (Å²) in [6.07, 6.45) is 2.03. The second kappa shape index (κ2) is 5.53. The summed E-state index contributed by atoms with van der Waals surface area (Å²) in [7, 11) is 0. The quantitative estimate of drug-likeness (QED) is 0.503. The summed E-state index contributed by atoms with van der Waals surface area (Å²) in [6, 6.07) is 0. The van der Waals surface area contributed by atoms with Crippen molar-refractivity contribution in [1.29, 1.82) is 0 Å². The van der Waals surface area contributed by atoms with Gasteiger partial charge in [-0.2, -0.15) is 0 Å². The Hall–Kier alpha value is -1.32. The SMILES string of the molecule is C=CCC(CCC(C)C)(C(=O)O)C(=O)O. The highest BCUT2D eigenvalue weighted by Crippen LogP contribution is 2.31. The summed E-state index contributed by atoms with van der Waals surface area (Å²) in [5, 5.41) is 18.0. The zero-order valence-electron chi connectivity index (χ0n) is 9.19. The molecule has 0 aliphatic heterocycles. The van der Waals surface area contributed by atoms with Crippen LogP contribution in [0.1, 0.15) is 33.1 Å². The molecule has 4 nitrogen and oxygen atoms in total. The molecule has 0 radical (unpaired) electrons. The minimum atomic E-state index is -1.70. The van der Waals surface area contributed by atoms with Crippen LogP contribution < -0.4 is 0 Å². The van der Waals surface area contributed by atoms with Gasteiger partial charge in [0, 0.05) is 0 Å². The van der Waals surface area contributed by atoms with Crippen LogP contribution in [0.25, 0.3) is 0 Å². The number of rotatable bonds is 7. The predicted molar refractivity (Wildman–Crippen MR) is 56.6 cm³/mol. The van der Waals surface area contributed by atoms with E-state index in [9.17, 15) is 9.59 Å². The number of aliphatic carboxylic acids is 2. The lowest BCUT2D eigenvalue weighted by Gasteiger charge is -2.24. The van der Waals surface area contributed by atoms with E-state index < -0.39 is 17.4 Å². The van der Waals surface area contributed by atoms with Gasteiger partial charge in [0.2, 0.25) is 0 Å². The minimum absolute atomic E-state index is 0.0373. The van der Waals surface area contributed by atoms with Gasteiger partial charge in [0.1, 0.15) is 0 Å². The van der Waals surface area contributed by atoms with Crippen LogP contribution in [0.3, 0.4) is 0 Å². The van der Waals surface area contributed by atoms with Gasteiger partial charge in [-0.15, -0.1) is 6.58 Å².